The van der Waals surface area contributed by atoms with Gasteiger partial charge in [0, 0.05) is 26.2 Å². The third kappa shape index (κ3) is 2.50. The van der Waals surface area contributed by atoms with Crippen LogP contribution in [0, 0.1) is 5.92 Å². The van der Waals surface area contributed by atoms with E-state index in [1.807, 2.05) is 13.1 Å². The molecule has 1 fully saturated rings. The molecule has 0 aliphatic carbocycles. The molecule has 15 heavy (non-hydrogen) atoms. The predicted octanol–water partition coefficient (Wildman–Crippen LogP) is 1.23. The van der Waals surface area contributed by atoms with Crippen LogP contribution in [0.2, 0.25) is 0 Å². The average Bonchev–Trinajstić information content (AvgIpc) is 2.45. The number of aryl methyl sites for hydroxylation is 1. The first-order valence-corrected chi connectivity index (χ1v) is 5.66. The molecule has 1 saturated heterocycles. The SMILES string of the molecule is C[C@H]1CCCN(Cc2cc(N)n(C)n2)C1. The number of piperidine rings is 1. The lowest BCUT2D eigenvalue weighted by Gasteiger charge is -2.30. The Kier molecular flexibility index (Phi) is 2.95. The Morgan fingerprint density at radius 1 is 1.60 bits per heavy atom. The van der Waals surface area contributed by atoms with Crippen molar-refractivity contribution in [1.29, 1.82) is 0 Å². The summed E-state index contributed by atoms with van der Waals surface area (Å²) in [7, 11) is 1.89. The van der Waals surface area contributed by atoms with Crippen molar-refractivity contribution in [3.8, 4) is 0 Å². The third-order valence-electron chi connectivity index (χ3n) is 3.09. The number of hydrogen-bond acceptors (Lipinski definition) is 3. The smallest absolute Gasteiger partial charge is 0.121 e. The van der Waals surface area contributed by atoms with Gasteiger partial charge < -0.3 is 5.73 Å². The van der Waals surface area contributed by atoms with E-state index in [4.69, 9.17) is 5.73 Å². The van der Waals surface area contributed by atoms with Crippen molar-refractivity contribution >= 4 is 5.82 Å². The maximum absolute atomic E-state index is 5.75. The van der Waals surface area contributed by atoms with Gasteiger partial charge in [-0.3, -0.25) is 9.58 Å². The second kappa shape index (κ2) is 4.23. The molecular weight excluding hydrogens is 188 g/mol. The van der Waals surface area contributed by atoms with E-state index in [9.17, 15) is 0 Å². The summed E-state index contributed by atoms with van der Waals surface area (Å²) in [5.74, 6) is 1.56. The molecule has 2 heterocycles. The van der Waals surface area contributed by atoms with Crippen LogP contribution in [0.4, 0.5) is 5.82 Å². The molecule has 4 nitrogen and oxygen atoms in total. The molecule has 2 N–H and O–H groups in total. The van der Waals surface area contributed by atoms with Crippen LogP contribution in [0.1, 0.15) is 25.5 Å². The number of aromatic nitrogens is 2. The first-order chi connectivity index (χ1) is 7.15. The molecule has 0 bridgehead atoms. The summed E-state index contributed by atoms with van der Waals surface area (Å²) >= 11 is 0. The highest BCUT2D eigenvalue weighted by Gasteiger charge is 2.17. The first-order valence-electron chi connectivity index (χ1n) is 5.66. The Bertz CT molecular complexity index is 312. The van der Waals surface area contributed by atoms with E-state index in [0.717, 1.165) is 24.0 Å². The van der Waals surface area contributed by atoms with E-state index in [0.29, 0.717) is 0 Å². The van der Waals surface area contributed by atoms with Gasteiger partial charge in [0.15, 0.2) is 0 Å². The van der Waals surface area contributed by atoms with E-state index in [-0.39, 0.29) is 0 Å². The maximum atomic E-state index is 5.75. The molecule has 0 saturated carbocycles. The van der Waals surface area contributed by atoms with Crippen LogP contribution in [0.15, 0.2) is 6.07 Å². The quantitative estimate of drug-likeness (QED) is 0.795. The fourth-order valence-electron chi connectivity index (χ4n) is 2.28. The van der Waals surface area contributed by atoms with Crippen LogP contribution in [0.5, 0.6) is 0 Å². The third-order valence-corrected chi connectivity index (χ3v) is 3.09. The number of nitrogens with two attached hydrogens (primary N) is 1. The fraction of sp³-hybridized carbons (Fsp3) is 0.727. The zero-order chi connectivity index (χ0) is 10.8. The maximum Gasteiger partial charge on any atom is 0.121 e. The molecule has 1 aromatic rings. The predicted molar refractivity (Wildman–Crippen MR) is 61.3 cm³/mol. The molecule has 84 valence electrons. The molecule has 1 aromatic heterocycles. The summed E-state index contributed by atoms with van der Waals surface area (Å²) in [6.07, 6.45) is 2.67. The number of rotatable bonds is 2. The summed E-state index contributed by atoms with van der Waals surface area (Å²) in [5, 5.41) is 4.38. The molecule has 0 aromatic carbocycles. The standard InChI is InChI=1S/C11H20N4/c1-9-4-3-5-15(7-9)8-10-6-11(12)14(2)13-10/h6,9H,3-5,7-8,12H2,1-2H3/t9-/m0/s1. The highest BCUT2D eigenvalue weighted by molar-refractivity contribution is 5.30. The largest absolute Gasteiger partial charge is 0.384 e. The van der Waals surface area contributed by atoms with Gasteiger partial charge in [0.25, 0.3) is 0 Å². The van der Waals surface area contributed by atoms with Crippen LogP contribution in [0.25, 0.3) is 0 Å². The van der Waals surface area contributed by atoms with Crippen molar-refractivity contribution in [2.75, 3.05) is 18.8 Å². The summed E-state index contributed by atoms with van der Waals surface area (Å²) in [6.45, 7) is 5.64. The van der Waals surface area contributed by atoms with Crippen molar-refractivity contribution in [2.45, 2.75) is 26.3 Å². The number of anilines is 1. The molecule has 1 aliphatic heterocycles. The van der Waals surface area contributed by atoms with Crippen LogP contribution in [-0.4, -0.2) is 27.8 Å². The molecule has 4 heteroatoms. The van der Waals surface area contributed by atoms with Gasteiger partial charge >= 0.3 is 0 Å². The summed E-state index contributed by atoms with van der Waals surface area (Å²) in [4.78, 5) is 2.47. The molecule has 0 unspecified atom stereocenters. The molecule has 0 radical (unpaired) electrons. The Morgan fingerprint density at radius 2 is 2.40 bits per heavy atom. The molecule has 0 amide bonds. The Morgan fingerprint density at radius 3 is 3.00 bits per heavy atom. The second-order valence-electron chi connectivity index (χ2n) is 4.67. The fourth-order valence-corrected chi connectivity index (χ4v) is 2.28. The monoisotopic (exact) mass is 208 g/mol. The Labute approximate surface area is 91.1 Å². The second-order valence-corrected chi connectivity index (χ2v) is 4.67. The van der Waals surface area contributed by atoms with E-state index in [1.54, 1.807) is 4.68 Å². The van der Waals surface area contributed by atoms with Crippen molar-refractivity contribution in [1.82, 2.24) is 14.7 Å². The topological polar surface area (TPSA) is 47.1 Å². The minimum atomic E-state index is 0.745. The van der Waals surface area contributed by atoms with Crippen LogP contribution in [0.3, 0.4) is 0 Å². The lowest BCUT2D eigenvalue weighted by Crippen LogP contribution is -2.33. The van der Waals surface area contributed by atoms with Crippen molar-refractivity contribution in [3.63, 3.8) is 0 Å². The minimum absolute atomic E-state index is 0.745. The van der Waals surface area contributed by atoms with E-state index >= 15 is 0 Å². The average molecular weight is 208 g/mol. The normalized spacial score (nSPS) is 23.2. The summed E-state index contributed by atoms with van der Waals surface area (Å²) < 4.78 is 1.74. The van der Waals surface area contributed by atoms with Gasteiger partial charge in [-0.1, -0.05) is 6.92 Å². The van der Waals surface area contributed by atoms with Crippen LogP contribution >= 0.6 is 0 Å². The highest BCUT2D eigenvalue weighted by atomic mass is 15.3. The molecule has 1 atom stereocenters. The van der Waals surface area contributed by atoms with Crippen molar-refractivity contribution < 1.29 is 0 Å². The van der Waals surface area contributed by atoms with Crippen LogP contribution in [-0.2, 0) is 13.6 Å². The van der Waals surface area contributed by atoms with Gasteiger partial charge in [-0.05, 0) is 25.3 Å². The van der Waals surface area contributed by atoms with Gasteiger partial charge in [-0.25, -0.2) is 0 Å². The summed E-state index contributed by atoms with van der Waals surface area (Å²) in [6, 6.07) is 1.97. The number of nitrogen functional groups attached to an aromatic ring is 1. The lowest BCUT2D eigenvalue weighted by atomic mass is 10.0. The number of hydrogen-bond donors (Lipinski definition) is 1. The molecule has 2 rings (SSSR count). The lowest BCUT2D eigenvalue weighted by molar-refractivity contribution is 0.174. The van der Waals surface area contributed by atoms with Gasteiger partial charge in [0.1, 0.15) is 5.82 Å². The zero-order valence-corrected chi connectivity index (χ0v) is 9.61. The molecular formula is C11H20N4. The van der Waals surface area contributed by atoms with Crippen LogP contribution < -0.4 is 5.73 Å². The van der Waals surface area contributed by atoms with Gasteiger partial charge in [0.05, 0.1) is 5.69 Å². The van der Waals surface area contributed by atoms with Crippen molar-refractivity contribution in [3.05, 3.63) is 11.8 Å². The Balaban J connectivity index is 1.96. The zero-order valence-electron chi connectivity index (χ0n) is 9.61. The van der Waals surface area contributed by atoms with E-state index in [2.05, 4.69) is 16.9 Å². The van der Waals surface area contributed by atoms with Gasteiger partial charge in [-0.2, -0.15) is 5.10 Å². The van der Waals surface area contributed by atoms with E-state index < -0.39 is 0 Å². The van der Waals surface area contributed by atoms with Gasteiger partial charge in [0.2, 0.25) is 0 Å². The highest BCUT2D eigenvalue weighted by Crippen LogP contribution is 2.17. The molecule has 0 spiro atoms. The van der Waals surface area contributed by atoms with E-state index in [1.165, 1.54) is 25.9 Å². The van der Waals surface area contributed by atoms with Gasteiger partial charge in [-0.15, -0.1) is 0 Å². The molecule has 1 aliphatic rings. The minimum Gasteiger partial charge on any atom is -0.384 e. The first kappa shape index (κ1) is 10.5. The number of nitrogens with zero attached hydrogens (tertiary/aromatic N) is 3. The Hall–Kier alpha value is -1.03. The van der Waals surface area contributed by atoms with Crippen molar-refractivity contribution in [2.24, 2.45) is 13.0 Å². The number of likely N-dealkylation sites (tertiary alicyclic amines) is 1. The summed E-state index contributed by atoms with van der Waals surface area (Å²) in [5.41, 5.74) is 6.84.